The molecule has 1 aliphatic rings. The Hall–Kier alpha value is -2.38. The van der Waals surface area contributed by atoms with E-state index in [2.05, 4.69) is 32.8 Å². The Morgan fingerprint density at radius 3 is 2.59 bits per heavy atom. The summed E-state index contributed by atoms with van der Waals surface area (Å²) in [5.41, 5.74) is 4.09. The minimum Gasteiger partial charge on any atom is -0.379 e. The molecule has 0 spiro atoms. The lowest BCUT2D eigenvalue weighted by molar-refractivity contribution is 0.0342. The van der Waals surface area contributed by atoms with E-state index in [0.717, 1.165) is 68.4 Å². The maximum Gasteiger partial charge on any atom is 0.319 e. The molecule has 146 valence electrons. The van der Waals surface area contributed by atoms with E-state index in [1.165, 1.54) is 5.56 Å². The first kappa shape index (κ1) is 19.4. The lowest BCUT2D eigenvalue weighted by Gasteiger charge is -2.26. The second-order valence-electron chi connectivity index (χ2n) is 6.87. The normalized spacial score (nSPS) is 14.9. The number of nitrogens with zero attached hydrogens (tertiary/aromatic N) is 2. The standard InChI is InChI=1S/C20H28N4O3/c1-15-19(16(2)27-23-15)4-3-9-21-20(25)22-18-7-5-17(6-8-18)14-24-10-12-26-13-11-24/h5-8H,3-4,9-14H2,1-2H3,(H2,21,22,25). The summed E-state index contributed by atoms with van der Waals surface area (Å²) in [6.07, 6.45) is 1.69. The molecule has 7 nitrogen and oxygen atoms in total. The number of amides is 2. The quantitative estimate of drug-likeness (QED) is 0.731. The second kappa shape index (κ2) is 9.53. The molecule has 3 rings (SSSR count). The van der Waals surface area contributed by atoms with Crippen molar-refractivity contribution in [3.63, 3.8) is 0 Å². The highest BCUT2D eigenvalue weighted by Crippen LogP contribution is 2.14. The van der Waals surface area contributed by atoms with Gasteiger partial charge in [0.15, 0.2) is 0 Å². The van der Waals surface area contributed by atoms with Crippen molar-refractivity contribution in [3.8, 4) is 0 Å². The van der Waals surface area contributed by atoms with Crippen LogP contribution < -0.4 is 10.6 Å². The van der Waals surface area contributed by atoms with Crippen LogP contribution in [-0.4, -0.2) is 48.9 Å². The molecule has 0 saturated carbocycles. The van der Waals surface area contributed by atoms with E-state index < -0.39 is 0 Å². The molecule has 1 saturated heterocycles. The smallest absolute Gasteiger partial charge is 0.319 e. The van der Waals surface area contributed by atoms with Gasteiger partial charge in [-0.25, -0.2) is 4.79 Å². The molecular formula is C20H28N4O3. The zero-order valence-corrected chi connectivity index (χ0v) is 16.1. The monoisotopic (exact) mass is 372 g/mol. The zero-order chi connectivity index (χ0) is 19.1. The number of aryl methyl sites for hydroxylation is 2. The van der Waals surface area contributed by atoms with Crippen molar-refractivity contribution in [1.82, 2.24) is 15.4 Å². The van der Waals surface area contributed by atoms with Gasteiger partial charge in [-0.1, -0.05) is 17.3 Å². The van der Waals surface area contributed by atoms with E-state index in [0.29, 0.717) is 6.54 Å². The minimum atomic E-state index is -0.185. The number of morpholine rings is 1. The molecule has 2 heterocycles. The van der Waals surface area contributed by atoms with Crippen molar-refractivity contribution in [3.05, 3.63) is 46.8 Å². The Bertz CT molecular complexity index is 717. The molecule has 2 aromatic rings. The summed E-state index contributed by atoms with van der Waals surface area (Å²) in [6.45, 7) is 8.91. The maximum atomic E-state index is 12.0. The number of hydrogen-bond donors (Lipinski definition) is 2. The van der Waals surface area contributed by atoms with Gasteiger partial charge < -0.3 is 19.9 Å². The van der Waals surface area contributed by atoms with E-state index in [9.17, 15) is 4.79 Å². The van der Waals surface area contributed by atoms with E-state index >= 15 is 0 Å². The van der Waals surface area contributed by atoms with Gasteiger partial charge in [0.2, 0.25) is 0 Å². The number of nitrogens with one attached hydrogen (secondary N) is 2. The highest BCUT2D eigenvalue weighted by Gasteiger charge is 2.11. The fourth-order valence-corrected chi connectivity index (χ4v) is 3.21. The average molecular weight is 372 g/mol. The Labute approximate surface area is 160 Å². The van der Waals surface area contributed by atoms with Crippen molar-refractivity contribution in [2.24, 2.45) is 0 Å². The zero-order valence-electron chi connectivity index (χ0n) is 16.1. The number of ether oxygens (including phenoxy) is 1. The summed E-state index contributed by atoms with van der Waals surface area (Å²) < 4.78 is 10.5. The summed E-state index contributed by atoms with van der Waals surface area (Å²) in [5.74, 6) is 0.856. The van der Waals surface area contributed by atoms with Gasteiger partial charge in [-0.2, -0.15) is 0 Å². The Morgan fingerprint density at radius 1 is 1.19 bits per heavy atom. The first-order chi connectivity index (χ1) is 13.1. The Morgan fingerprint density at radius 2 is 1.93 bits per heavy atom. The number of carbonyl (C=O) groups is 1. The SMILES string of the molecule is Cc1noc(C)c1CCCNC(=O)Nc1ccc(CN2CCOCC2)cc1. The van der Waals surface area contributed by atoms with Crippen LogP contribution in [0.25, 0.3) is 0 Å². The van der Waals surface area contributed by atoms with E-state index in [-0.39, 0.29) is 6.03 Å². The molecule has 0 radical (unpaired) electrons. The lowest BCUT2D eigenvalue weighted by Crippen LogP contribution is -2.35. The Kier molecular flexibility index (Phi) is 6.84. The van der Waals surface area contributed by atoms with Crippen molar-refractivity contribution < 1.29 is 14.1 Å². The molecule has 7 heteroatoms. The van der Waals surface area contributed by atoms with Crippen LogP contribution in [0.3, 0.4) is 0 Å². The highest BCUT2D eigenvalue weighted by atomic mass is 16.5. The minimum absolute atomic E-state index is 0.185. The van der Waals surface area contributed by atoms with E-state index in [1.54, 1.807) is 0 Å². The first-order valence-electron chi connectivity index (χ1n) is 9.47. The summed E-state index contributed by atoms with van der Waals surface area (Å²) in [6, 6.07) is 7.82. The number of hydrogen-bond acceptors (Lipinski definition) is 5. The molecule has 1 aromatic carbocycles. The molecule has 1 fully saturated rings. The average Bonchev–Trinajstić information content (AvgIpc) is 2.99. The van der Waals surface area contributed by atoms with Crippen molar-refractivity contribution in [2.75, 3.05) is 38.2 Å². The topological polar surface area (TPSA) is 79.6 Å². The van der Waals surface area contributed by atoms with Crippen molar-refractivity contribution >= 4 is 11.7 Å². The van der Waals surface area contributed by atoms with Gasteiger partial charge in [-0.15, -0.1) is 0 Å². The third-order valence-corrected chi connectivity index (χ3v) is 4.79. The number of anilines is 1. The van der Waals surface area contributed by atoms with Crippen LogP contribution in [0.1, 0.15) is 29.0 Å². The van der Waals surface area contributed by atoms with Crippen LogP contribution in [0, 0.1) is 13.8 Å². The molecular weight excluding hydrogens is 344 g/mol. The summed E-state index contributed by atoms with van der Waals surface area (Å²) in [7, 11) is 0. The van der Waals surface area contributed by atoms with Crippen LogP contribution in [-0.2, 0) is 17.7 Å². The van der Waals surface area contributed by atoms with Gasteiger partial charge in [-0.05, 0) is 44.4 Å². The largest absolute Gasteiger partial charge is 0.379 e. The number of benzene rings is 1. The predicted octanol–water partition coefficient (Wildman–Crippen LogP) is 2.88. The lowest BCUT2D eigenvalue weighted by atomic mass is 10.1. The van der Waals surface area contributed by atoms with Crippen LogP contribution in [0.2, 0.25) is 0 Å². The van der Waals surface area contributed by atoms with Gasteiger partial charge in [0, 0.05) is 37.4 Å². The number of carbonyl (C=O) groups excluding carboxylic acids is 1. The predicted molar refractivity (Wildman–Crippen MR) is 104 cm³/mol. The second-order valence-corrected chi connectivity index (χ2v) is 6.87. The Balaban J connectivity index is 1.37. The van der Waals surface area contributed by atoms with E-state index in [4.69, 9.17) is 9.26 Å². The van der Waals surface area contributed by atoms with Crippen LogP contribution in [0.4, 0.5) is 10.5 Å². The van der Waals surface area contributed by atoms with Gasteiger partial charge in [0.25, 0.3) is 0 Å². The maximum absolute atomic E-state index is 12.0. The third-order valence-electron chi connectivity index (χ3n) is 4.79. The highest BCUT2D eigenvalue weighted by molar-refractivity contribution is 5.89. The molecule has 0 bridgehead atoms. The molecule has 1 aromatic heterocycles. The summed E-state index contributed by atoms with van der Waals surface area (Å²) >= 11 is 0. The molecule has 27 heavy (non-hydrogen) atoms. The molecule has 2 amide bonds. The van der Waals surface area contributed by atoms with Crippen molar-refractivity contribution in [2.45, 2.75) is 33.2 Å². The molecule has 0 unspecified atom stereocenters. The van der Waals surface area contributed by atoms with Gasteiger partial charge in [0.05, 0.1) is 18.9 Å². The molecule has 0 aliphatic carbocycles. The first-order valence-corrected chi connectivity index (χ1v) is 9.47. The summed E-state index contributed by atoms with van der Waals surface area (Å²) in [4.78, 5) is 14.4. The van der Waals surface area contributed by atoms with Gasteiger partial charge in [-0.3, -0.25) is 4.90 Å². The summed E-state index contributed by atoms with van der Waals surface area (Å²) in [5, 5.41) is 9.71. The number of rotatable bonds is 7. The number of aromatic nitrogens is 1. The molecule has 1 aliphatic heterocycles. The van der Waals surface area contributed by atoms with Gasteiger partial charge >= 0.3 is 6.03 Å². The number of urea groups is 1. The van der Waals surface area contributed by atoms with Crippen molar-refractivity contribution in [1.29, 1.82) is 0 Å². The van der Waals surface area contributed by atoms with E-state index in [1.807, 2.05) is 26.0 Å². The molecule has 0 atom stereocenters. The van der Waals surface area contributed by atoms with Crippen LogP contribution in [0.15, 0.2) is 28.8 Å². The fraction of sp³-hybridized carbons (Fsp3) is 0.500. The van der Waals surface area contributed by atoms with Crippen LogP contribution in [0.5, 0.6) is 0 Å². The van der Waals surface area contributed by atoms with Crippen LogP contribution >= 0.6 is 0 Å². The third kappa shape index (κ3) is 5.80. The van der Waals surface area contributed by atoms with Gasteiger partial charge in [0.1, 0.15) is 5.76 Å². The molecule has 2 N–H and O–H groups in total. The fourth-order valence-electron chi connectivity index (χ4n) is 3.21.